The molecule has 65 heavy (non-hydrogen) atoms. The van der Waals surface area contributed by atoms with E-state index in [1.807, 2.05) is 0 Å². The molecule has 0 aromatic heterocycles. The first kappa shape index (κ1) is 48.8. The first-order chi connectivity index (χ1) is 30.6. The van der Waals surface area contributed by atoms with Gasteiger partial charge in [-0.2, -0.15) is 0 Å². The van der Waals surface area contributed by atoms with Crippen LogP contribution in [-0.2, 0) is 71.0 Å². The highest BCUT2D eigenvalue weighted by atomic mass is 16.8. The van der Waals surface area contributed by atoms with Crippen molar-refractivity contribution in [3.63, 3.8) is 0 Å². The standard InChI is InChI=1S/C56H76O9/c1-53(2,3)43-27-35-23-39-31-45(55(7,8)9)33-41-25-37-29-44(54(4,5)6)30-38(48(37)58-14)26-42-34-46(56(10,11)12)32-40(24-36(28-43)47(35)57-13)50(42)65-52-51(64-49(39)41)62-21-19-60-17-15-59-16-18-61-20-22-63-52/h27-34,51-52H,15-26H2,1-14H3. The first-order valence-electron chi connectivity index (χ1n) is 23.7. The normalized spacial score (nSPS) is 19.4. The molecule has 4 aromatic rings. The van der Waals surface area contributed by atoms with Gasteiger partial charge in [-0.25, -0.2) is 0 Å². The summed E-state index contributed by atoms with van der Waals surface area (Å²) in [6, 6.07) is 18.6. The smallest absolute Gasteiger partial charge is 0.263 e. The minimum Gasteiger partial charge on any atom is -0.496 e. The predicted octanol–water partition coefficient (Wildman–Crippen LogP) is 11.1. The van der Waals surface area contributed by atoms with E-state index in [1.165, 1.54) is 22.3 Å². The highest BCUT2D eigenvalue weighted by Gasteiger charge is 2.35. The van der Waals surface area contributed by atoms with Crippen LogP contribution in [0.3, 0.4) is 0 Å². The van der Waals surface area contributed by atoms with Crippen LogP contribution in [0.1, 0.15) is 150 Å². The molecule has 9 heteroatoms. The Labute approximate surface area is 389 Å². The molecule has 3 aliphatic rings. The van der Waals surface area contributed by atoms with Gasteiger partial charge in [0.1, 0.15) is 23.0 Å². The van der Waals surface area contributed by atoms with E-state index in [9.17, 15) is 0 Å². The molecule has 1 fully saturated rings. The molecule has 0 radical (unpaired) electrons. The molecule has 0 amide bonds. The number of rotatable bonds is 2. The van der Waals surface area contributed by atoms with Gasteiger partial charge >= 0.3 is 0 Å². The van der Waals surface area contributed by atoms with Gasteiger partial charge in [0.05, 0.1) is 67.1 Å². The molecule has 2 atom stereocenters. The third-order valence-corrected chi connectivity index (χ3v) is 12.8. The van der Waals surface area contributed by atoms with Crippen LogP contribution in [0, 0.1) is 0 Å². The Bertz CT molecular complexity index is 2040. The van der Waals surface area contributed by atoms with E-state index >= 15 is 0 Å². The molecule has 0 aliphatic carbocycles. The topological polar surface area (TPSA) is 83.1 Å². The lowest BCUT2D eigenvalue weighted by molar-refractivity contribution is -0.234. The molecule has 9 nitrogen and oxygen atoms in total. The molecule has 2 unspecified atom stereocenters. The number of hydrogen-bond acceptors (Lipinski definition) is 9. The summed E-state index contributed by atoms with van der Waals surface area (Å²) in [6.45, 7) is 30.3. The summed E-state index contributed by atoms with van der Waals surface area (Å²) in [5, 5.41) is 0. The van der Waals surface area contributed by atoms with Crippen LogP contribution >= 0.6 is 0 Å². The average molecular weight is 893 g/mol. The van der Waals surface area contributed by atoms with Crippen molar-refractivity contribution in [1.29, 1.82) is 0 Å². The third-order valence-electron chi connectivity index (χ3n) is 12.8. The van der Waals surface area contributed by atoms with E-state index in [2.05, 4.69) is 132 Å². The number of ether oxygens (including phenoxy) is 9. The van der Waals surface area contributed by atoms with Gasteiger partial charge in [0.2, 0.25) is 0 Å². The van der Waals surface area contributed by atoms with E-state index in [0.29, 0.717) is 65.3 Å². The molecular weight excluding hydrogens is 817 g/mol. The van der Waals surface area contributed by atoms with Crippen molar-refractivity contribution in [2.24, 2.45) is 0 Å². The maximum absolute atomic E-state index is 7.46. The molecule has 354 valence electrons. The number of benzene rings is 4. The van der Waals surface area contributed by atoms with Gasteiger partial charge < -0.3 is 42.6 Å². The highest BCUT2D eigenvalue weighted by Crippen LogP contribution is 2.45. The summed E-state index contributed by atoms with van der Waals surface area (Å²) in [7, 11) is 3.60. The zero-order chi connectivity index (χ0) is 46.9. The van der Waals surface area contributed by atoms with Crippen LogP contribution in [0.15, 0.2) is 48.5 Å². The Kier molecular flexibility index (Phi) is 14.7. The van der Waals surface area contributed by atoms with Crippen molar-refractivity contribution in [3.8, 4) is 23.0 Å². The zero-order valence-corrected chi connectivity index (χ0v) is 41.9. The van der Waals surface area contributed by atoms with Crippen molar-refractivity contribution in [1.82, 2.24) is 0 Å². The third kappa shape index (κ3) is 11.5. The van der Waals surface area contributed by atoms with Crippen LogP contribution in [0.25, 0.3) is 0 Å². The van der Waals surface area contributed by atoms with E-state index in [0.717, 1.165) is 67.5 Å². The Hall–Kier alpha value is -4.12. The van der Waals surface area contributed by atoms with Crippen LogP contribution in [0.5, 0.6) is 23.0 Å². The zero-order valence-electron chi connectivity index (χ0n) is 41.9. The molecular formula is C56H76O9. The van der Waals surface area contributed by atoms with Crippen molar-refractivity contribution >= 4 is 0 Å². The molecule has 3 aliphatic heterocycles. The molecule has 1 saturated heterocycles. The van der Waals surface area contributed by atoms with Gasteiger partial charge in [0, 0.05) is 25.7 Å². The fourth-order valence-electron chi connectivity index (χ4n) is 9.00. The van der Waals surface area contributed by atoms with Crippen LogP contribution in [-0.4, -0.2) is 79.7 Å². The molecule has 7 rings (SSSR count). The Balaban J connectivity index is 1.63. The van der Waals surface area contributed by atoms with Gasteiger partial charge in [0.15, 0.2) is 0 Å². The largest absolute Gasteiger partial charge is 0.496 e. The first-order valence-corrected chi connectivity index (χ1v) is 23.7. The van der Waals surface area contributed by atoms with Crippen molar-refractivity contribution in [3.05, 3.63) is 115 Å². The Morgan fingerprint density at radius 2 is 0.585 bits per heavy atom. The SMILES string of the molecule is COc1c2cc(C(C)(C)C)cc1Cc1cc(C(C)(C)C)cc3c1OC1OCCOCCOCCOCCOC1Oc1c(cc(C(C)(C)C)cc1Cc1cc(C(C)(C)C)cc(c1OC)C3)C2. The number of fused-ring (bicyclic) bond motifs is 4. The predicted molar refractivity (Wildman–Crippen MR) is 258 cm³/mol. The lowest BCUT2D eigenvalue weighted by Crippen LogP contribution is -2.42. The molecule has 3 heterocycles. The van der Waals surface area contributed by atoms with Gasteiger partial charge in [0.25, 0.3) is 12.6 Å². The van der Waals surface area contributed by atoms with Crippen LogP contribution in [0.2, 0.25) is 0 Å². The maximum Gasteiger partial charge on any atom is 0.263 e. The van der Waals surface area contributed by atoms with E-state index in [4.69, 9.17) is 42.6 Å². The second-order valence-corrected chi connectivity index (χ2v) is 22.2. The quantitative estimate of drug-likeness (QED) is 0.172. The summed E-state index contributed by atoms with van der Waals surface area (Å²) in [4.78, 5) is 0. The molecule has 4 aromatic carbocycles. The Morgan fingerprint density at radius 1 is 0.354 bits per heavy atom. The van der Waals surface area contributed by atoms with Crippen LogP contribution in [0.4, 0.5) is 0 Å². The summed E-state index contributed by atoms with van der Waals surface area (Å²) in [6.07, 6.45) is 0.181. The summed E-state index contributed by atoms with van der Waals surface area (Å²) >= 11 is 0. The second kappa shape index (κ2) is 19.6. The molecule has 0 saturated carbocycles. The van der Waals surface area contributed by atoms with E-state index in [1.54, 1.807) is 14.2 Å². The second-order valence-electron chi connectivity index (χ2n) is 22.2. The molecule has 0 spiro atoms. The van der Waals surface area contributed by atoms with Crippen molar-refractivity contribution in [2.75, 3.05) is 67.1 Å². The lowest BCUT2D eigenvalue weighted by atomic mass is 9.79. The molecule has 0 N–H and O–H groups in total. The van der Waals surface area contributed by atoms with E-state index < -0.39 is 12.6 Å². The fraction of sp³-hybridized carbons (Fsp3) is 0.571. The summed E-state index contributed by atoms with van der Waals surface area (Å²) in [5.74, 6) is 3.18. The number of methoxy groups -OCH3 is 2. The summed E-state index contributed by atoms with van der Waals surface area (Å²) in [5.41, 5.74) is 12.7. The van der Waals surface area contributed by atoms with Gasteiger partial charge in [-0.15, -0.1) is 0 Å². The number of hydrogen-bond donors (Lipinski definition) is 0. The fourth-order valence-corrected chi connectivity index (χ4v) is 9.00. The average Bonchev–Trinajstić information content (AvgIpc) is 3.21. The summed E-state index contributed by atoms with van der Waals surface area (Å²) < 4.78 is 59.3. The Morgan fingerprint density at radius 3 is 0.815 bits per heavy atom. The minimum absolute atomic E-state index is 0.140. The van der Waals surface area contributed by atoms with Gasteiger partial charge in [-0.1, -0.05) is 132 Å². The van der Waals surface area contributed by atoms with Gasteiger partial charge in [-0.3, -0.25) is 0 Å². The maximum atomic E-state index is 7.46. The highest BCUT2D eigenvalue weighted by molar-refractivity contribution is 5.60. The minimum atomic E-state index is -1.01. The molecule has 6 bridgehead atoms. The monoisotopic (exact) mass is 893 g/mol. The van der Waals surface area contributed by atoms with E-state index in [-0.39, 0.29) is 34.9 Å². The van der Waals surface area contributed by atoms with Gasteiger partial charge in [-0.05, 0) is 88.4 Å². The van der Waals surface area contributed by atoms with Crippen LogP contribution < -0.4 is 18.9 Å². The lowest BCUT2D eigenvalue weighted by Gasteiger charge is -2.32. The van der Waals surface area contributed by atoms with Crippen molar-refractivity contribution in [2.45, 2.75) is 143 Å². The van der Waals surface area contributed by atoms with Crippen molar-refractivity contribution < 1.29 is 42.6 Å².